The molecule has 0 radical (unpaired) electrons. The highest BCUT2D eigenvalue weighted by atomic mass is 32.2. The fraction of sp³-hybridized carbons (Fsp3) is 0.857. The molecule has 66 valence electrons. The molecule has 0 aromatic carbocycles. The summed E-state index contributed by atoms with van der Waals surface area (Å²) in [4.78, 5) is 10.0. The van der Waals surface area contributed by atoms with Crippen molar-refractivity contribution in [3.63, 3.8) is 0 Å². The SMILES string of the molecule is CS(=O)CCCCCC(=O)O. The quantitative estimate of drug-likeness (QED) is 0.617. The summed E-state index contributed by atoms with van der Waals surface area (Å²) in [6.07, 6.45) is 4.34. The zero-order chi connectivity index (χ0) is 8.69. The van der Waals surface area contributed by atoms with Crippen molar-refractivity contribution in [2.75, 3.05) is 12.0 Å². The molecular formula is C7H14O3S. The second-order valence-electron chi connectivity index (χ2n) is 2.48. The zero-order valence-corrected chi connectivity index (χ0v) is 7.52. The van der Waals surface area contributed by atoms with Gasteiger partial charge in [-0.25, -0.2) is 0 Å². The normalized spacial score (nSPS) is 12.8. The van der Waals surface area contributed by atoms with Crippen LogP contribution in [0.1, 0.15) is 25.7 Å². The zero-order valence-electron chi connectivity index (χ0n) is 6.71. The van der Waals surface area contributed by atoms with Gasteiger partial charge in [-0.2, -0.15) is 0 Å². The molecule has 0 saturated carbocycles. The predicted molar refractivity (Wildman–Crippen MR) is 45.0 cm³/mol. The molecule has 1 unspecified atom stereocenters. The lowest BCUT2D eigenvalue weighted by atomic mass is 10.2. The summed E-state index contributed by atoms with van der Waals surface area (Å²) in [5.74, 6) is -0.0535. The number of carboxylic acids is 1. The monoisotopic (exact) mass is 178 g/mol. The van der Waals surface area contributed by atoms with Crippen molar-refractivity contribution in [1.29, 1.82) is 0 Å². The fourth-order valence-electron chi connectivity index (χ4n) is 0.758. The minimum absolute atomic E-state index is 0.232. The molecule has 11 heavy (non-hydrogen) atoms. The molecule has 0 aromatic heterocycles. The van der Waals surface area contributed by atoms with Crippen molar-refractivity contribution in [3.05, 3.63) is 0 Å². The summed E-state index contributed by atoms with van der Waals surface area (Å²) in [5, 5.41) is 8.26. The molecule has 0 amide bonds. The molecule has 0 rings (SSSR count). The van der Waals surface area contributed by atoms with E-state index in [1.165, 1.54) is 0 Å². The molecule has 0 aromatic rings. The highest BCUT2D eigenvalue weighted by Gasteiger charge is 1.96. The molecule has 1 atom stereocenters. The summed E-state index contributed by atoms with van der Waals surface area (Å²) >= 11 is 0. The Balaban J connectivity index is 3.03. The van der Waals surface area contributed by atoms with Crippen molar-refractivity contribution in [3.8, 4) is 0 Å². The van der Waals surface area contributed by atoms with Crippen LogP contribution in [-0.2, 0) is 15.6 Å². The first-order valence-electron chi connectivity index (χ1n) is 3.64. The van der Waals surface area contributed by atoms with E-state index in [1.807, 2.05) is 0 Å². The van der Waals surface area contributed by atoms with Crippen molar-refractivity contribution < 1.29 is 14.1 Å². The maximum atomic E-state index is 10.5. The van der Waals surface area contributed by atoms with Gasteiger partial charge >= 0.3 is 5.97 Å². The molecule has 0 bridgehead atoms. The first-order valence-corrected chi connectivity index (χ1v) is 5.37. The van der Waals surface area contributed by atoms with E-state index >= 15 is 0 Å². The fourth-order valence-corrected chi connectivity index (χ4v) is 1.37. The van der Waals surface area contributed by atoms with Gasteiger partial charge in [0.15, 0.2) is 0 Å². The first kappa shape index (κ1) is 10.6. The lowest BCUT2D eigenvalue weighted by Gasteiger charge is -1.95. The summed E-state index contributed by atoms with van der Waals surface area (Å²) < 4.78 is 10.5. The third-order valence-corrected chi connectivity index (χ3v) is 2.19. The van der Waals surface area contributed by atoms with Crippen LogP contribution in [0, 0.1) is 0 Å². The van der Waals surface area contributed by atoms with Crippen LogP contribution in [0.4, 0.5) is 0 Å². The number of hydrogen-bond donors (Lipinski definition) is 1. The van der Waals surface area contributed by atoms with E-state index in [4.69, 9.17) is 5.11 Å². The minimum atomic E-state index is -0.748. The van der Waals surface area contributed by atoms with Gasteiger partial charge in [-0.3, -0.25) is 9.00 Å². The van der Waals surface area contributed by atoms with Gasteiger partial charge < -0.3 is 5.11 Å². The highest BCUT2D eigenvalue weighted by Crippen LogP contribution is 1.99. The third kappa shape index (κ3) is 9.62. The number of aliphatic carboxylic acids is 1. The number of rotatable bonds is 6. The standard InChI is InChI=1S/C7H14O3S/c1-11(10)6-4-2-3-5-7(8)9/h2-6H2,1H3,(H,8,9). The highest BCUT2D eigenvalue weighted by molar-refractivity contribution is 7.84. The van der Waals surface area contributed by atoms with Crippen LogP contribution >= 0.6 is 0 Å². The van der Waals surface area contributed by atoms with Crippen LogP contribution < -0.4 is 0 Å². The molecular weight excluding hydrogens is 164 g/mol. The largest absolute Gasteiger partial charge is 0.481 e. The minimum Gasteiger partial charge on any atom is -0.481 e. The van der Waals surface area contributed by atoms with Gasteiger partial charge in [0.1, 0.15) is 0 Å². The Morgan fingerprint density at radius 2 is 2.00 bits per heavy atom. The van der Waals surface area contributed by atoms with Gasteiger partial charge in [-0.15, -0.1) is 0 Å². The lowest BCUT2D eigenvalue weighted by Crippen LogP contribution is -1.96. The molecule has 0 heterocycles. The molecule has 0 fully saturated rings. The van der Waals surface area contributed by atoms with Crippen LogP contribution in [0.5, 0.6) is 0 Å². The van der Waals surface area contributed by atoms with E-state index in [2.05, 4.69) is 0 Å². The Hall–Kier alpha value is -0.380. The first-order chi connectivity index (χ1) is 5.13. The molecule has 0 aliphatic rings. The number of carboxylic acid groups (broad SMARTS) is 1. The van der Waals surface area contributed by atoms with Crippen LogP contribution in [0.2, 0.25) is 0 Å². The van der Waals surface area contributed by atoms with Gasteiger partial charge in [0.25, 0.3) is 0 Å². The van der Waals surface area contributed by atoms with Gasteiger partial charge in [0, 0.05) is 29.2 Å². The molecule has 3 nitrogen and oxygen atoms in total. The second-order valence-corrected chi connectivity index (χ2v) is 4.04. The average molecular weight is 178 g/mol. The number of carbonyl (C=O) groups is 1. The number of unbranched alkanes of at least 4 members (excludes halogenated alkanes) is 2. The summed E-state index contributed by atoms with van der Waals surface area (Å²) in [6.45, 7) is 0. The van der Waals surface area contributed by atoms with E-state index in [1.54, 1.807) is 6.26 Å². The summed E-state index contributed by atoms with van der Waals surface area (Å²) in [7, 11) is -0.727. The lowest BCUT2D eigenvalue weighted by molar-refractivity contribution is -0.137. The summed E-state index contributed by atoms with van der Waals surface area (Å²) in [5.41, 5.74) is 0. The van der Waals surface area contributed by atoms with E-state index in [-0.39, 0.29) is 6.42 Å². The summed E-state index contributed by atoms with van der Waals surface area (Å²) in [6, 6.07) is 0. The molecule has 0 saturated heterocycles. The maximum Gasteiger partial charge on any atom is 0.303 e. The average Bonchev–Trinajstić information content (AvgIpc) is 1.85. The molecule has 0 spiro atoms. The molecule has 0 aliphatic carbocycles. The van der Waals surface area contributed by atoms with Crippen LogP contribution in [0.3, 0.4) is 0 Å². The van der Waals surface area contributed by atoms with Crippen LogP contribution in [0.25, 0.3) is 0 Å². The van der Waals surface area contributed by atoms with E-state index in [9.17, 15) is 9.00 Å². The smallest absolute Gasteiger partial charge is 0.303 e. The maximum absolute atomic E-state index is 10.5. The molecule has 0 aliphatic heterocycles. The van der Waals surface area contributed by atoms with Crippen LogP contribution in [-0.4, -0.2) is 27.3 Å². The Bertz CT molecular complexity index is 129. The van der Waals surface area contributed by atoms with E-state index < -0.39 is 16.8 Å². The molecule has 1 N–H and O–H groups in total. The topological polar surface area (TPSA) is 54.4 Å². The van der Waals surface area contributed by atoms with Crippen molar-refractivity contribution in [2.24, 2.45) is 0 Å². The van der Waals surface area contributed by atoms with E-state index in [0.717, 1.165) is 12.8 Å². The van der Waals surface area contributed by atoms with Gasteiger partial charge in [-0.1, -0.05) is 6.42 Å². The van der Waals surface area contributed by atoms with E-state index in [0.29, 0.717) is 12.2 Å². The molecule has 4 heteroatoms. The Kier molecular flexibility index (Phi) is 6.12. The van der Waals surface area contributed by atoms with Gasteiger partial charge in [0.2, 0.25) is 0 Å². The van der Waals surface area contributed by atoms with Crippen molar-refractivity contribution in [2.45, 2.75) is 25.7 Å². The Labute approximate surface area is 69.3 Å². The van der Waals surface area contributed by atoms with Gasteiger partial charge in [0.05, 0.1) is 0 Å². The third-order valence-electron chi connectivity index (χ3n) is 1.32. The second kappa shape index (κ2) is 6.34. The number of hydrogen-bond acceptors (Lipinski definition) is 2. The predicted octanol–water partition coefficient (Wildman–Crippen LogP) is 1.01. The van der Waals surface area contributed by atoms with Crippen molar-refractivity contribution in [1.82, 2.24) is 0 Å². The Morgan fingerprint density at radius 1 is 1.36 bits per heavy atom. The van der Waals surface area contributed by atoms with Crippen molar-refractivity contribution >= 4 is 16.8 Å². The van der Waals surface area contributed by atoms with Crippen LogP contribution in [0.15, 0.2) is 0 Å². The Morgan fingerprint density at radius 3 is 2.45 bits per heavy atom. The van der Waals surface area contributed by atoms with Gasteiger partial charge in [-0.05, 0) is 12.8 Å².